The van der Waals surface area contributed by atoms with E-state index in [1.165, 1.54) is 0 Å². The van der Waals surface area contributed by atoms with E-state index < -0.39 is 16.1 Å². The van der Waals surface area contributed by atoms with Crippen LogP contribution in [0.4, 0.5) is 0 Å². The van der Waals surface area contributed by atoms with Crippen molar-refractivity contribution in [1.29, 1.82) is 0 Å². The standard InChI is InChI=1S/C7H18Si2/c1-8(2,3)7-9(4,5)6/h1-6H3. The van der Waals surface area contributed by atoms with E-state index in [-0.39, 0.29) is 0 Å². The fourth-order valence-electron chi connectivity index (χ4n) is 1.12. The molecular weight excluding hydrogens is 140 g/mol. The molecule has 0 aliphatic rings. The van der Waals surface area contributed by atoms with Gasteiger partial charge in [0.1, 0.15) is 0 Å². The SMILES string of the molecule is C[Si](C)(C)[C][Si](C)(C)C. The molecule has 2 radical (unpaired) electrons. The van der Waals surface area contributed by atoms with Gasteiger partial charge in [-0.3, -0.25) is 0 Å². The molecule has 0 nitrogen and oxygen atoms in total. The minimum atomic E-state index is -0.981. The summed E-state index contributed by atoms with van der Waals surface area (Å²) in [4.78, 5) is 0. The second kappa shape index (κ2) is 2.58. The summed E-state index contributed by atoms with van der Waals surface area (Å²) in [6, 6.07) is 0. The Hall–Kier alpha value is 0.434. The van der Waals surface area contributed by atoms with Crippen molar-refractivity contribution < 1.29 is 0 Å². The summed E-state index contributed by atoms with van der Waals surface area (Å²) >= 11 is 0. The lowest BCUT2D eigenvalue weighted by Gasteiger charge is -2.24. The van der Waals surface area contributed by atoms with Gasteiger partial charge < -0.3 is 0 Å². The molecule has 0 aromatic heterocycles. The van der Waals surface area contributed by atoms with Crippen LogP contribution in [0.3, 0.4) is 0 Å². The zero-order chi connectivity index (χ0) is 7.71. The van der Waals surface area contributed by atoms with Crippen LogP contribution in [0.5, 0.6) is 0 Å². The van der Waals surface area contributed by atoms with Crippen molar-refractivity contribution in [1.82, 2.24) is 0 Å². The second-order valence-corrected chi connectivity index (χ2v) is 14.6. The molecule has 0 unspecified atom stereocenters. The van der Waals surface area contributed by atoms with E-state index in [4.69, 9.17) is 0 Å². The summed E-state index contributed by atoms with van der Waals surface area (Å²) in [5.74, 6) is 0. The van der Waals surface area contributed by atoms with Crippen molar-refractivity contribution in [2.24, 2.45) is 0 Å². The van der Waals surface area contributed by atoms with Crippen LogP contribution in [0.2, 0.25) is 39.3 Å². The molecule has 0 bridgehead atoms. The van der Waals surface area contributed by atoms with E-state index in [0.29, 0.717) is 0 Å². The lowest BCUT2D eigenvalue weighted by atomic mass is 11.7. The van der Waals surface area contributed by atoms with Crippen LogP contribution in [0, 0.1) is 5.67 Å². The summed E-state index contributed by atoms with van der Waals surface area (Å²) in [6.45, 7) is 14.1. The predicted molar refractivity (Wildman–Crippen MR) is 49.9 cm³/mol. The summed E-state index contributed by atoms with van der Waals surface area (Å²) in [7, 11) is -1.96. The lowest BCUT2D eigenvalue weighted by Crippen LogP contribution is -2.36. The number of rotatable bonds is 2. The molecule has 9 heavy (non-hydrogen) atoms. The number of hydrogen-bond donors (Lipinski definition) is 0. The molecule has 0 saturated carbocycles. The average molecular weight is 158 g/mol. The third-order valence-electron chi connectivity index (χ3n) is 0.750. The molecule has 0 rings (SSSR count). The van der Waals surface area contributed by atoms with E-state index in [1.54, 1.807) is 0 Å². The second-order valence-electron chi connectivity index (χ2n) is 4.62. The Morgan fingerprint density at radius 2 is 0.889 bits per heavy atom. The molecule has 0 N–H and O–H groups in total. The smallest absolute Gasteiger partial charge is 0.0478 e. The molecule has 0 aliphatic carbocycles. The Labute approximate surface area is 61.7 Å². The van der Waals surface area contributed by atoms with Gasteiger partial charge in [0, 0.05) is 16.1 Å². The third-order valence-corrected chi connectivity index (χ3v) is 6.75. The first-order valence-electron chi connectivity index (χ1n) is 3.50. The first kappa shape index (κ1) is 9.43. The molecule has 0 aromatic carbocycles. The largest absolute Gasteiger partial charge is 0.0694 e. The zero-order valence-corrected chi connectivity index (χ0v) is 9.50. The van der Waals surface area contributed by atoms with Crippen molar-refractivity contribution in [3.05, 3.63) is 5.67 Å². The Morgan fingerprint density at radius 3 is 0.889 bits per heavy atom. The van der Waals surface area contributed by atoms with Gasteiger partial charge in [0.15, 0.2) is 0 Å². The van der Waals surface area contributed by atoms with Crippen molar-refractivity contribution in [3.8, 4) is 0 Å². The predicted octanol–water partition coefficient (Wildman–Crippen LogP) is 2.82. The Kier molecular flexibility index (Phi) is 2.71. The Balaban J connectivity index is 3.75. The van der Waals surface area contributed by atoms with Gasteiger partial charge >= 0.3 is 0 Å². The highest BCUT2D eigenvalue weighted by molar-refractivity contribution is 6.99. The highest BCUT2D eigenvalue weighted by Crippen LogP contribution is 2.15. The molecule has 0 aromatic rings. The normalized spacial score (nSPS) is 14.0. The number of hydrogen-bond acceptors (Lipinski definition) is 0. The Bertz CT molecular complexity index is 72.1. The van der Waals surface area contributed by atoms with E-state index >= 15 is 0 Å². The molecule has 0 heterocycles. The lowest BCUT2D eigenvalue weighted by molar-refractivity contribution is 1.65. The first-order chi connectivity index (χ1) is 3.71. The van der Waals surface area contributed by atoms with Crippen molar-refractivity contribution in [2.45, 2.75) is 39.3 Å². The monoisotopic (exact) mass is 158 g/mol. The van der Waals surface area contributed by atoms with Gasteiger partial charge in [-0.15, -0.1) is 0 Å². The minimum Gasteiger partial charge on any atom is -0.0694 e. The topological polar surface area (TPSA) is 0 Å². The van der Waals surface area contributed by atoms with Gasteiger partial charge in [-0.2, -0.15) is 0 Å². The molecule has 0 fully saturated rings. The highest BCUT2D eigenvalue weighted by atomic mass is 28.4. The van der Waals surface area contributed by atoms with Gasteiger partial charge in [-0.25, -0.2) is 0 Å². The van der Waals surface area contributed by atoms with Gasteiger partial charge in [0.25, 0.3) is 0 Å². The van der Waals surface area contributed by atoms with Crippen molar-refractivity contribution >= 4 is 16.1 Å². The van der Waals surface area contributed by atoms with Crippen LogP contribution >= 0.6 is 0 Å². The van der Waals surface area contributed by atoms with E-state index in [0.717, 1.165) is 0 Å². The van der Waals surface area contributed by atoms with Crippen LogP contribution in [-0.4, -0.2) is 16.1 Å². The quantitative estimate of drug-likeness (QED) is 0.542. The molecule has 0 spiro atoms. The summed E-state index contributed by atoms with van der Waals surface area (Å²) in [6.07, 6.45) is 0. The zero-order valence-electron chi connectivity index (χ0n) is 7.50. The van der Waals surface area contributed by atoms with Crippen LogP contribution in [0.15, 0.2) is 0 Å². The average Bonchev–Trinajstić information content (AvgIpc) is 1.14. The summed E-state index contributed by atoms with van der Waals surface area (Å²) in [5, 5.41) is 0. The van der Waals surface area contributed by atoms with Crippen LogP contribution in [-0.2, 0) is 0 Å². The molecule has 0 amide bonds. The van der Waals surface area contributed by atoms with Crippen LogP contribution < -0.4 is 0 Å². The third kappa shape index (κ3) is 8.43. The molecule has 0 saturated heterocycles. The summed E-state index contributed by atoms with van der Waals surface area (Å²) in [5.41, 5.74) is 3.74. The van der Waals surface area contributed by atoms with Gasteiger partial charge in [-0.05, 0) is 5.67 Å². The fourth-order valence-corrected chi connectivity index (χ4v) is 10.1. The molecule has 2 heteroatoms. The van der Waals surface area contributed by atoms with Gasteiger partial charge in [-0.1, -0.05) is 39.3 Å². The maximum absolute atomic E-state index is 3.74. The molecule has 0 aliphatic heterocycles. The van der Waals surface area contributed by atoms with Crippen molar-refractivity contribution in [2.75, 3.05) is 0 Å². The van der Waals surface area contributed by atoms with Crippen LogP contribution in [0.1, 0.15) is 0 Å². The van der Waals surface area contributed by atoms with Crippen LogP contribution in [0.25, 0.3) is 0 Å². The highest BCUT2D eigenvalue weighted by Gasteiger charge is 2.24. The maximum atomic E-state index is 3.74. The van der Waals surface area contributed by atoms with E-state index in [9.17, 15) is 0 Å². The molecule has 54 valence electrons. The van der Waals surface area contributed by atoms with Crippen molar-refractivity contribution in [3.63, 3.8) is 0 Å². The van der Waals surface area contributed by atoms with E-state index in [2.05, 4.69) is 44.9 Å². The molecular formula is C7H18Si2. The van der Waals surface area contributed by atoms with Gasteiger partial charge in [0.05, 0.1) is 0 Å². The fraction of sp³-hybridized carbons (Fsp3) is 0.857. The molecule has 0 atom stereocenters. The minimum absolute atomic E-state index is 0.981. The van der Waals surface area contributed by atoms with Gasteiger partial charge in [0.2, 0.25) is 0 Å². The summed E-state index contributed by atoms with van der Waals surface area (Å²) < 4.78 is 0. The Morgan fingerprint density at radius 1 is 0.667 bits per heavy atom. The maximum Gasteiger partial charge on any atom is 0.0478 e. The first-order valence-corrected chi connectivity index (χ1v) is 10.5. The van der Waals surface area contributed by atoms with E-state index in [1.807, 2.05) is 0 Å².